The number of carboxylic acids is 1. The van der Waals surface area contributed by atoms with Crippen molar-refractivity contribution in [1.29, 1.82) is 5.26 Å². The molecule has 0 spiro atoms. The van der Waals surface area contributed by atoms with Gasteiger partial charge in [-0.1, -0.05) is 0 Å². The second-order valence-electron chi connectivity index (χ2n) is 5.04. The summed E-state index contributed by atoms with van der Waals surface area (Å²) < 4.78 is 0. The van der Waals surface area contributed by atoms with Crippen molar-refractivity contribution in [2.75, 3.05) is 13.1 Å². The average molecular weight is 255 g/mol. The van der Waals surface area contributed by atoms with Crippen molar-refractivity contribution >= 4 is 12.0 Å². The van der Waals surface area contributed by atoms with Crippen LogP contribution in [0.4, 0.5) is 4.79 Å². The fraction of sp³-hybridized carbons (Fsp3) is 0.750. The van der Waals surface area contributed by atoms with E-state index in [-0.39, 0.29) is 25.0 Å². The molecule has 0 fully saturated rings. The topological polar surface area (TPSA) is 93.4 Å². The first-order valence-corrected chi connectivity index (χ1v) is 5.87. The number of aliphatic carboxylic acids is 1. The molecule has 0 saturated carbocycles. The number of nitrogens with zero attached hydrogens (tertiary/aromatic N) is 2. The van der Waals surface area contributed by atoms with E-state index in [4.69, 9.17) is 10.4 Å². The first-order chi connectivity index (χ1) is 8.22. The highest BCUT2D eigenvalue weighted by atomic mass is 16.4. The van der Waals surface area contributed by atoms with E-state index in [9.17, 15) is 9.59 Å². The lowest BCUT2D eigenvalue weighted by Gasteiger charge is -2.28. The summed E-state index contributed by atoms with van der Waals surface area (Å²) in [6, 6.07) is 1.61. The maximum absolute atomic E-state index is 11.9. The summed E-state index contributed by atoms with van der Waals surface area (Å²) in [5.41, 5.74) is -1.01. The van der Waals surface area contributed by atoms with E-state index in [0.29, 0.717) is 6.54 Å². The van der Waals surface area contributed by atoms with Gasteiger partial charge in [0.25, 0.3) is 0 Å². The molecule has 0 aromatic rings. The molecule has 2 amide bonds. The lowest BCUT2D eigenvalue weighted by atomic mass is 9.94. The minimum absolute atomic E-state index is 0.0358. The number of carbonyl (C=O) groups is 2. The molecule has 0 aromatic carbocycles. The van der Waals surface area contributed by atoms with Crippen LogP contribution in [0.25, 0.3) is 0 Å². The van der Waals surface area contributed by atoms with Crippen LogP contribution in [0.1, 0.15) is 34.1 Å². The lowest BCUT2D eigenvalue weighted by molar-refractivity contribution is -0.146. The highest BCUT2D eigenvalue weighted by molar-refractivity contribution is 5.77. The van der Waals surface area contributed by atoms with Crippen molar-refractivity contribution in [3.63, 3.8) is 0 Å². The summed E-state index contributed by atoms with van der Waals surface area (Å²) in [6.45, 7) is 7.18. The van der Waals surface area contributed by atoms with Crippen molar-refractivity contribution in [1.82, 2.24) is 10.2 Å². The Kier molecular flexibility index (Phi) is 6.17. The van der Waals surface area contributed by atoms with E-state index in [0.717, 1.165) is 0 Å². The van der Waals surface area contributed by atoms with Crippen LogP contribution in [0.2, 0.25) is 0 Å². The zero-order valence-corrected chi connectivity index (χ0v) is 11.4. The maximum Gasteiger partial charge on any atom is 0.317 e. The Morgan fingerprint density at radius 2 is 2.00 bits per heavy atom. The smallest absolute Gasteiger partial charge is 0.317 e. The number of amides is 2. The van der Waals surface area contributed by atoms with Crippen LogP contribution in [0, 0.1) is 16.7 Å². The van der Waals surface area contributed by atoms with Crippen LogP contribution in [0.15, 0.2) is 0 Å². The predicted molar refractivity (Wildman–Crippen MR) is 66.9 cm³/mol. The van der Waals surface area contributed by atoms with Gasteiger partial charge in [-0.15, -0.1) is 0 Å². The maximum atomic E-state index is 11.9. The van der Waals surface area contributed by atoms with Gasteiger partial charge < -0.3 is 15.3 Å². The minimum atomic E-state index is -1.01. The fourth-order valence-electron chi connectivity index (χ4n) is 1.24. The van der Waals surface area contributed by atoms with Crippen molar-refractivity contribution < 1.29 is 14.7 Å². The lowest BCUT2D eigenvalue weighted by Crippen LogP contribution is -2.48. The largest absolute Gasteiger partial charge is 0.481 e. The van der Waals surface area contributed by atoms with Gasteiger partial charge in [0, 0.05) is 19.1 Å². The van der Waals surface area contributed by atoms with Gasteiger partial charge >= 0.3 is 12.0 Å². The van der Waals surface area contributed by atoms with Gasteiger partial charge in [0.05, 0.1) is 17.9 Å². The van der Waals surface area contributed by atoms with Gasteiger partial charge in [0.15, 0.2) is 0 Å². The van der Waals surface area contributed by atoms with Gasteiger partial charge in [-0.25, -0.2) is 4.79 Å². The molecular weight excluding hydrogens is 234 g/mol. The molecule has 0 aliphatic heterocycles. The van der Waals surface area contributed by atoms with Crippen LogP contribution in [-0.2, 0) is 4.79 Å². The number of carboxylic acid groups (broad SMARTS) is 1. The molecule has 0 aliphatic carbocycles. The van der Waals surface area contributed by atoms with E-state index in [2.05, 4.69) is 5.32 Å². The Bertz CT molecular complexity index is 345. The molecule has 0 aliphatic rings. The van der Waals surface area contributed by atoms with Crippen LogP contribution in [-0.4, -0.2) is 41.1 Å². The summed E-state index contributed by atoms with van der Waals surface area (Å²) in [5.74, 6) is -0.962. The number of nitriles is 1. The van der Waals surface area contributed by atoms with Gasteiger partial charge in [-0.2, -0.15) is 5.26 Å². The van der Waals surface area contributed by atoms with Gasteiger partial charge in [0.2, 0.25) is 0 Å². The number of nitrogens with one attached hydrogen (secondary N) is 1. The highest BCUT2D eigenvalue weighted by Gasteiger charge is 2.28. The van der Waals surface area contributed by atoms with Crippen molar-refractivity contribution in [3.8, 4) is 6.07 Å². The predicted octanol–water partition coefficient (Wildman–Crippen LogP) is 1.43. The number of urea groups is 1. The normalized spacial score (nSPS) is 10.9. The van der Waals surface area contributed by atoms with E-state index in [1.807, 2.05) is 19.9 Å². The second kappa shape index (κ2) is 6.84. The number of hydrogen-bond donors (Lipinski definition) is 2. The Balaban J connectivity index is 4.45. The average Bonchev–Trinajstić information content (AvgIpc) is 2.26. The standard InChI is InChI=1S/C12H21N3O3/c1-9(2)15(7-5-6-13)11(18)14-8-12(3,4)10(16)17/h9H,5,7-8H2,1-4H3,(H,14,18)(H,16,17). The Labute approximate surface area is 108 Å². The fourth-order valence-corrected chi connectivity index (χ4v) is 1.24. The van der Waals surface area contributed by atoms with Gasteiger partial charge in [-0.05, 0) is 27.7 Å². The van der Waals surface area contributed by atoms with E-state index < -0.39 is 11.4 Å². The monoisotopic (exact) mass is 255 g/mol. The molecule has 6 nitrogen and oxygen atoms in total. The van der Waals surface area contributed by atoms with Crippen molar-refractivity contribution in [2.24, 2.45) is 5.41 Å². The van der Waals surface area contributed by atoms with E-state index in [1.165, 1.54) is 4.90 Å². The minimum Gasteiger partial charge on any atom is -0.481 e. The molecule has 0 saturated heterocycles. The van der Waals surface area contributed by atoms with E-state index >= 15 is 0 Å². The third-order valence-corrected chi connectivity index (χ3v) is 2.61. The molecule has 6 heteroatoms. The summed E-state index contributed by atoms with van der Waals surface area (Å²) in [6.07, 6.45) is 0.258. The number of carbonyl (C=O) groups excluding carboxylic acids is 1. The summed E-state index contributed by atoms with van der Waals surface area (Å²) in [7, 11) is 0. The van der Waals surface area contributed by atoms with Crippen molar-refractivity contribution in [2.45, 2.75) is 40.2 Å². The molecule has 0 radical (unpaired) electrons. The molecule has 2 N–H and O–H groups in total. The van der Waals surface area contributed by atoms with Gasteiger partial charge in [-0.3, -0.25) is 4.79 Å². The zero-order chi connectivity index (χ0) is 14.3. The van der Waals surface area contributed by atoms with E-state index in [1.54, 1.807) is 13.8 Å². The molecule has 0 heterocycles. The van der Waals surface area contributed by atoms with Crippen LogP contribution in [0.3, 0.4) is 0 Å². The molecule has 18 heavy (non-hydrogen) atoms. The first-order valence-electron chi connectivity index (χ1n) is 5.87. The van der Waals surface area contributed by atoms with Crippen molar-refractivity contribution in [3.05, 3.63) is 0 Å². The zero-order valence-electron chi connectivity index (χ0n) is 11.4. The molecule has 0 bridgehead atoms. The van der Waals surface area contributed by atoms with Crippen LogP contribution < -0.4 is 5.32 Å². The molecular formula is C12H21N3O3. The Hall–Kier alpha value is -1.77. The summed E-state index contributed by atoms with van der Waals surface area (Å²) in [4.78, 5) is 24.3. The third kappa shape index (κ3) is 5.04. The Morgan fingerprint density at radius 3 is 2.39 bits per heavy atom. The molecule has 0 aromatic heterocycles. The second-order valence-corrected chi connectivity index (χ2v) is 5.04. The third-order valence-electron chi connectivity index (χ3n) is 2.61. The summed E-state index contributed by atoms with van der Waals surface area (Å²) in [5, 5.41) is 20.1. The first kappa shape index (κ1) is 16.2. The quantitative estimate of drug-likeness (QED) is 0.750. The highest BCUT2D eigenvalue weighted by Crippen LogP contribution is 2.13. The van der Waals surface area contributed by atoms with Crippen LogP contribution in [0.5, 0.6) is 0 Å². The molecule has 0 rings (SSSR count). The SMILES string of the molecule is CC(C)N(CCC#N)C(=O)NCC(C)(C)C(=O)O. The number of rotatable bonds is 6. The molecule has 102 valence electrons. The number of hydrogen-bond acceptors (Lipinski definition) is 3. The van der Waals surface area contributed by atoms with Gasteiger partial charge in [0.1, 0.15) is 0 Å². The molecule has 0 unspecified atom stereocenters. The Morgan fingerprint density at radius 1 is 1.44 bits per heavy atom. The summed E-state index contributed by atoms with van der Waals surface area (Å²) >= 11 is 0. The molecule has 0 atom stereocenters. The van der Waals surface area contributed by atoms with Crippen LogP contribution >= 0.6 is 0 Å².